The van der Waals surface area contributed by atoms with Crippen LogP contribution < -0.4 is 4.74 Å². The Balaban J connectivity index is 2.64. The van der Waals surface area contributed by atoms with Crippen molar-refractivity contribution < 1.29 is 19.0 Å². The van der Waals surface area contributed by atoms with Crippen molar-refractivity contribution in [2.45, 2.75) is 19.9 Å². The number of aliphatic carboxylic acids is 1. The van der Waals surface area contributed by atoms with Crippen LogP contribution in [0.5, 0.6) is 5.75 Å². The number of likely N-dealkylation sites (N-methyl/N-ethyl adjacent to an activating group) is 1. The molecule has 0 radical (unpaired) electrons. The van der Waals surface area contributed by atoms with Gasteiger partial charge in [0.2, 0.25) is 0 Å². The molecular weight excluding hydrogens is 261 g/mol. The molecule has 0 atom stereocenters. The van der Waals surface area contributed by atoms with Crippen LogP contribution in [0, 0.1) is 5.82 Å². The molecule has 0 saturated heterocycles. The molecule has 0 saturated carbocycles. The van der Waals surface area contributed by atoms with Gasteiger partial charge in [0.1, 0.15) is 0 Å². The van der Waals surface area contributed by atoms with Crippen molar-refractivity contribution in [2.75, 3.05) is 20.7 Å². The van der Waals surface area contributed by atoms with Crippen LogP contribution in [0.4, 0.5) is 4.39 Å². The van der Waals surface area contributed by atoms with Crippen molar-refractivity contribution in [3.05, 3.63) is 41.2 Å². The van der Waals surface area contributed by atoms with Crippen LogP contribution >= 0.6 is 0 Å². The number of nitrogens with zero attached hydrogens (tertiary/aromatic N) is 1. The highest BCUT2D eigenvalue weighted by Gasteiger charge is 2.07. The summed E-state index contributed by atoms with van der Waals surface area (Å²) in [6.45, 7) is 2.84. The third-order valence-electron chi connectivity index (χ3n) is 2.97. The third-order valence-corrected chi connectivity index (χ3v) is 2.97. The molecule has 0 amide bonds. The van der Waals surface area contributed by atoms with Crippen molar-refractivity contribution in [3.8, 4) is 5.75 Å². The summed E-state index contributed by atoms with van der Waals surface area (Å²) in [5, 5.41) is 8.92. The summed E-state index contributed by atoms with van der Waals surface area (Å²) >= 11 is 0. The van der Waals surface area contributed by atoms with Crippen LogP contribution in [0.15, 0.2) is 29.8 Å². The zero-order chi connectivity index (χ0) is 15.1. The molecule has 0 spiro atoms. The van der Waals surface area contributed by atoms with Gasteiger partial charge in [0.25, 0.3) is 0 Å². The van der Waals surface area contributed by atoms with Gasteiger partial charge in [-0.3, -0.25) is 4.90 Å². The number of hydrogen-bond acceptors (Lipinski definition) is 3. The highest BCUT2D eigenvalue weighted by Crippen LogP contribution is 2.18. The number of rotatable bonds is 7. The number of ether oxygens (including phenoxy) is 1. The fourth-order valence-corrected chi connectivity index (χ4v) is 1.83. The average molecular weight is 281 g/mol. The van der Waals surface area contributed by atoms with Crippen LogP contribution in [-0.4, -0.2) is 36.7 Å². The Morgan fingerprint density at radius 2 is 2.20 bits per heavy atom. The number of methoxy groups -OCH3 is 1. The van der Waals surface area contributed by atoms with E-state index in [9.17, 15) is 9.18 Å². The fraction of sp³-hybridized carbons (Fsp3) is 0.400. The van der Waals surface area contributed by atoms with Crippen molar-refractivity contribution in [1.82, 2.24) is 4.90 Å². The van der Waals surface area contributed by atoms with Crippen LogP contribution in [0.3, 0.4) is 0 Å². The number of carboxylic acids is 1. The largest absolute Gasteiger partial charge is 0.494 e. The number of halogens is 1. The van der Waals surface area contributed by atoms with Crippen LogP contribution in [-0.2, 0) is 11.3 Å². The number of carboxylic acid groups (broad SMARTS) is 1. The summed E-state index contributed by atoms with van der Waals surface area (Å²) in [6.07, 6.45) is 2.17. The van der Waals surface area contributed by atoms with Crippen molar-refractivity contribution in [1.29, 1.82) is 0 Å². The maximum absolute atomic E-state index is 13.5. The van der Waals surface area contributed by atoms with Gasteiger partial charge >= 0.3 is 5.97 Å². The molecule has 0 bridgehead atoms. The van der Waals surface area contributed by atoms with E-state index in [1.165, 1.54) is 13.2 Å². The molecule has 1 rings (SSSR count). The molecule has 1 aromatic carbocycles. The molecule has 20 heavy (non-hydrogen) atoms. The highest BCUT2D eigenvalue weighted by molar-refractivity contribution is 5.86. The Morgan fingerprint density at radius 1 is 1.50 bits per heavy atom. The topological polar surface area (TPSA) is 49.8 Å². The summed E-state index contributed by atoms with van der Waals surface area (Å²) < 4.78 is 18.4. The summed E-state index contributed by atoms with van der Waals surface area (Å²) in [7, 11) is 3.28. The predicted octanol–water partition coefficient (Wildman–Crippen LogP) is 2.69. The zero-order valence-corrected chi connectivity index (χ0v) is 12.0. The van der Waals surface area contributed by atoms with E-state index in [0.29, 0.717) is 25.1 Å². The van der Waals surface area contributed by atoms with Gasteiger partial charge in [-0.1, -0.05) is 19.1 Å². The average Bonchev–Trinajstić information content (AvgIpc) is 2.39. The Kier molecular flexibility index (Phi) is 6.18. The first kappa shape index (κ1) is 16.2. The minimum Gasteiger partial charge on any atom is -0.494 e. The molecule has 0 fully saturated rings. The summed E-state index contributed by atoms with van der Waals surface area (Å²) in [4.78, 5) is 12.8. The molecule has 1 aromatic rings. The van der Waals surface area contributed by atoms with Crippen molar-refractivity contribution in [2.24, 2.45) is 0 Å². The van der Waals surface area contributed by atoms with E-state index in [0.717, 1.165) is 5.56 Å². The van der Waals surface area contributed by atoms with Gasteiger partial charge in [-0.15, -0.1) is 0 Å². The van der Waals surface area contributed by atoms with Crippen LogP contribution in [0.25, 0.3) is 0 Å². The molecule has 4 nitrogen and oxygen atoms in total. The van der Waals surface area contributed by atoms with E-state index in [1.54, 1.807) is 25.1 Å². The zero-order valence-electron chi connectivity index (χ0n) is 12.0. The third kappa shape index (κ3) is 4.66. The molecule has 110 valence electrons. The Hall–Kier alpha value is -1.88. The lowest BCUT2D eigenvalue weighted by molar-refractivity contribution is -0.132. The van der Waals surface area contributed by atoms with Gasteiger partial charge in [0, 0.05) is 18.7 Å². The summed E-state index contributed by atoms with van der Waals surface area (Å²) in [6, 6.07) is 4.81. The van der Waals surface area contributed by atoms with Crippen molar-refractivity contribution in [3.63, 3.8) is 0 Å². The van der Waals surface area contributed by atoms with Crippen LogP contribution in [0.2, 0.25) is 0 Å². The molecule has 0 aliphatic carbocycles. The van der Waals surface area contributed by atoms with E-state index >= 15 is 0 Å². The molecule has 0 unspecified atom stereocenters. The van der Waals surface area contributed by atoms with E-state index < -0.39 is 11.8 Å². The first-order valence-electron chi connectivity index (χ1n) is 6.41. The molecule has 0 aliphatic rings. The van der Waals surface area contributed by atoms with Crippen molar-refractivity contribution >= 4 is 5.97 Å². The maximum atomic E-state index is 13.5. The second kappa shape index (κ2) is 7.65. The lowest BCUT2D eigenvalue weighted by Crippen LogP contribution is -2.18. The number of benzene rings is 1. The minimum atomic E-state index is -0.892. The second-order valence-electron chi connectivity index (χ2n) is 4.55. The van der Waals surface area contributed by atoms with Crippen LogP contribution in [0.1, 0.15) is 18.9 Å². The Bertz CT molecular complexity index is 500. The van der Waals surface area contributed by atoms with Gasteiger partial charge < -0.3 is 9.84 Å². The van der Waals surface area contributed by atoms with E-state index in [2.05, 4.69) is 0 Å². The summed E-state index contributed by atoms with van der Waals surface area (Å²) in [5.74, 6) is -1.07. The Labute approximate surface area is 118 Å². The number of carbonyl (C=O) groups is 1. The first-order chi connectivity index (χ1) is 9.47. The molecular formula is C15H20FNO3. The molecule has 5 heteroatoms. The highest BCUT2D eigenvalue weighted by atomic mass is 19.1. The fourth-order valence-electron chi connectivity index (χ4n) is 1.83. The Morgan fingerprint density at radius 3 is 2.70 bits per heavy atom. The molecule has 1 N–H and O–H groups in total. The molecule has 0 aliphatic heterocycles. The number of hydrogen-bond donors (Lipinski definition) is 1. The van der Waals surface area contributed by atoms with Gasteiger partial charge in [-0.2, -0.15) is 0 Å². The standard InChI is InChI=1S/C15H20FNO3/c1-4-12(15(18)19)7-8-17(2)10-11-5-6-14(20-3)13(16)9-11/h5-7,9H,4,8,10H2,1-3H3,(H,18,19). The van der Waals surface area contributed by atoms with Gasteiger partial charge in [0.05, 0.1) is 7.11 Å². The summed E-state index contributed by atoms with van der Waals surface area (Å²) in [5.41, 5.74) is 1.20. The maximum Gasteiger partial charge on any atom is 0.331 e. The first-order valence-corrected chi connectivity index (χ1v) is 6.41. The van der Waals surface area contributed by atoms with Gasteiger partial charge in [0.15, 0.2) is 11.6 Å². The smallest absolute Gasteiger partial charge is 0.331 e. The second-order valence-corrected chi connectivity index (χ2v) is 4.55. The van der Waals surface area contributed by atoms with E-state index in [-0.39, 0.29) is 5.75 Å². The van der Waals surface area contributed by atoms with Gasteiger partial charge in [-0.05, 0) is 31.2 Å². The lowest BCUT2D eigenvalue weighted by atomic mass is 10.1. The normalized spacial score (nSPS) is 11.8. The SMILES string of the molecule is CCC(=CCN(C)Cc1ccc(OC)c(F)c1)C(=O)O. The van der Waals surface area contributed by atoms with E-state index in [4.69, 9.17) is 9.84 Å². The van der Waals surface area contributed by atoms with E-state index in [1.807, 2.05) is 11.9 Å². The van der Waals surface area contributed by atoms with Gasteiger partial charge in [-0.25, -0.2) is 9.18 Å². The quantitative estimate of drug-likeness (QED) is 0.781. The predicted molar refractivity (Wildman–Crippen MR) is 75.3 cm³/mol. The molecule has 0 heterocycles. The molecule has 0 aromatic heterocycles. The lowest BCUT2D eigenvalue weighted by Gasteiger charge is -2.15. The minimum absolute atomic E-state index is 0.218. The monoisotopic (exact) mass is 281 g/mol.